The fourth-order valence-corrected chi connectivity index (χ4v) is 1.57. The van der Waals surface area contributed by atoms with Gasteiger partial charge in [-0.1, -0.05) is 17.7 Å². The van der Waals surface area contributed by atoms with Crippen LogP contribution in [-0.4, -0.2) is 19.1 Å². The molecule has 4 heteroatoms. The van der Waals surface area contributed by atoms with Crippen LogP contribution >= 0.6 is 11.6 Å². The Kier molecular flexibility index (Phi) is 3.49. The van der Waals surface area contributed by atoms with Gasteiger partial charge >= 0.3 is 0 Å². The lowest BCUT2D eigenvalue weighted by atomic mass is 10.3. The molecule has 0 aliphatic heterocycles. The number of rotatable bonds is 3. The highest BCUT2D eigenvalue weighted by Gasteiger charge is 2.01. The normalized spacial score (nSPS) is 10.1. The molecule has 2 rings (SSSR count). The van der Waals surface area contributed by atoms with Crippen molar-refractivity contribution in [1.29, 1.82) is 0 Å². The van der Waals surface area contributed by atoms with Crippen LogP contribution in [0.3, 0.4) is 0 Å². The second-order valence-electron chi connectivity index (χ2n) is 3.81. The first-order valence-electron chi connectivity index (χ1n) is 5.22. The molecule has 88 valence electrons. The molecule has 0 saturated heterocycles. The number of halogens is 1. The van der Waals surface area contributed by atoms with Crippen molar-refractivity contribution in [2.45, 2.75) is 0 Å². The van der Waals surface area contributed by atoms with Crippen LogP contribution in [0.2, 0.25) is 5.15 Å². The molecule has 0 N–H and O–H groups in total. The quantitative estimate of drug-likeness (QED) is 0.776. The van der Waals surface area contributed by atoms with Crippen molar-refractivity contribution < 1.29 is 4.74 Å². The van der Waals surface area contributed by atoms with Crippen LogP contribution in [0.5, 0.6) is 11.5 Å². The maximum atomic E-state index is 5.79. The molecular formula is C13H13ClN2O. The third-order valence-electron chi connectivity index (χ3n) is 2.27. The third-order valence-corrected chi connectivity index (χ3v) is 2.47. The molecule has 0 fully saturated rings. The van der Waals surface area contributed by atoms with Crippen LogP contribution < -0.4 is 9.64 Å². The minimum absolute atomic E-state index is 0.422. The number of pyridine rings is 1. The molecule has 1 aromatic heterocycles. The first kappa shape index (κ1) is 11.7. The third kappa shape index (κ3) is 3.11. The Bertz CT molecular complexity index is 514. The van der Waals surface area contributed by atoms with Crippen LogP contribution in [0.4, 0.5) is 5.69 Å². The van der Waals surface area contributed by atoms with Crippen molar-refractivity contribution in [3.8, 4) is 11.5 Å². The number of benzene rings is 1. The number of hydrogen-bond donors (Lipinski definition) is 0. The van der Waals surface area contributed by atoms with Crippen LogP contribution in [0.15, 0.2) is 42.6 Å². The predicted octanol–water partition coefficient (Wildman–Crippen LogP) is 3.59. The molecule has 0 amide bonds. The number of nitrogens with zero attached hydrogens (tertiary/aromatic N) is 2. The Balaban J connectivity index is 2.21. The van der Waals surface area contributed by atoms with Gasteiger partial charge in [0.05, 0.1) is 0 Å². The minimum atomic E-state index is 0.422. The van der Waals surface area contributed by atoms with Crippen molar-refractivity contribution in [2.75, 3.05) is 19.0 Å². The van der Waals surface area contributed by atoms with E-state index in [4.69, 9.17) is 16.3 Å². The van der Waals surface area contributed by atoms with Gasteiger partial charge in [0.2, 0.25) is 0 Å². The van der Waals surface area contributed by atoms with E-state index in [-0.39, 0.29) is 0 Å². The smallest absolute Gasteiger partial charge is 0.132 e. The van der Waals surface area contributed by atoms with Gasteiger partial charge in [-0.05, 0) is 18.2 Å². The summed E-state index contributed by atoms with van der Waals surface area (Å²) in [6, 6.07) is 11.3. The highest BCUT2D eigenvalue weighted by molar-refractivity contribution is 6.29. The molecule has 0 aliphatic carbocycles. The van der Waals surface area contributed by atoms with E-state index >= 15 is 0 Å². The molecule has 0 aliphatic rings. The Morgan fingerprint density at radius 3 is 2.59 bits per heavy atom. The van der Waals surface area contributed by atoms with E-state index in [1.54, 1.807) is 18.3 Å². The Morgan fingerprint density at radius 2 is 1.88 bits per heavy atom. The topological polar surface area (TPSA) is 25.4 Å². The summed E-state index contributed by atoms with van der Waals surface area (Å²) in [5, 5.41) is 0.422. The van der Waals surface area contributed by atoms with Gasteiger partial charge in [-0.15, -0.1) is 0 Å². The standard InChI is InChI=1S/C13H13ClN2O/c1-16(2)10-4-3-5-11(8-10)17-12-6-7-15-13(14)9-12/h3-9H,1-2H3. The van der Waals surface area contributed by atoms with Gasteiger partial charge in [-0.3, -0.25) is 0 Å². The highest BCUT2D eigenvalue weighted by atomic mass is 35.5. The molecule has 2 aromatic rings. The SMILES string of the molecule is CN(C)c1cccc(Oc2ccnc(Cl)c2)c1. The van der Waals surface area contributed by atoms with Crippen LogP contribution in [0, 0.1) is 0 Å². The van der Waals surface area contributed by atoms with Gasteiger partial charge in [-0.25, -0.2) is 4.98 Å². The van der Waals surface area contributed by atoms with Crippen molar-refractivity contribution >= 4 is 17.3 Å². The van der Waals surface area contributed by atoms with E-state index < -0.39 is 0 Å². The second kappa shape index (κ2) is 5.06. The van der Waals surface area contributed by atoms with Crippen molar-refractivity contribution in [3.63, 3.8) is 0 Å². The maximum absolute atomic E-state index is 5.79. The molecule has 1 heterocycles. The fourth-order valence-electron chi connectivity index (χ4n) is 1.41. The summed E-state index contributed by atoms with van der Waals surface area (Å²) in [7, 11) is 3.98. The maximum Gasteiger partial charge on any atom is 0.132 e. The largest absolute Gasteiger partial charge is 0.457 e. The summed E-state index contributed by atoms with van der Waals surface area (Å²) in [5.41, 5.74) is 1.09. The second-order valence-corrected chi connectivity index (χ2v) is 4.20. The lowest BCUT2D eigenvalue weighted by molar-refractivity contribution is 0.482. The van der Waals surface area contributed by atoms with Gasteiger partial charge in [0.1, 0.15) is 16.7 Å². The van der Waals surface area contributed by atoms with Crippen LogP contribution in [0.25, 0.3) is 0 Å². The van der Waals surface area contributed by atoms with Gasteiger partial charge in [0, 0.05) is 38.1 Å². The minimum Gasteiger partial charge on any atom is -0.457 e. The number of aromatic nitrogens is 1. The van der Waals surface area contributed by atoms with E-state index in [0.29, 0.717) is 10.9 Å². The fraction of sp³-hybridized carbons (Fsp3) is 0.154. The van der Waals surface area contributed by atoms with Gasteiger partial charge in [0.15, 0.2) is 0 Å². The Labute approximate surface area is 106 Å². The number of anilines is 1. The molecule has 0 unspecified atom stereocenters. The first-order valence-corrected chi connectivity index (χ1v) is 5.60. The van der Waals surface area contributed by atoms with E-state index in [1.165, 1.54) is 0 Å². The molecule has 1 aromatic carbocycles. The summed E-state index contributed by atoms with van der Waals surface area (Å²) in [6.07, 6.45) is 1.62. The van der Waals surface area contributed by atoms with Crippen LogP contribution in [-0.2, 0) is 0 Å². The molecular weight excluding hydrogens is 236 g/mol. The zero-order valence-corrected chi connectivity index (χ0v) is 10.5. The molecule has 0 saturated carbocycles. The Hall–Kier alpha value is -1.74. The summed E-state index contributed by atoms with van der Waals surface area (Å²) < 4.78 is 5.70. The molecule has 0 spiro atoms. The zero-order chi connectivity index (χ0) is 12.3. The van der Waals surface area contributed by atoms with Gasteiger partial charge in [0.25, 0.3) is 0 Å². The van der Waals surface area contributed by atoms with Gasteiger partial charge < -0.3 is 9.64 Å². The van der Waals surface area contributed by atoms with Gasteiger partial charge in [-0.2, -0.15) is 0 Å². The summed E-state index contributed by atoms with van der Waals surface area (Å²) in [5.74, 6) is 1.46. The zero-order valence-electron chi connectivity index (χ0n) is 9.72. The monoisotopic (exact) mass is 248 g/mol. The van der Waals surface area contributed by atoms with E-state index in [2.05, 4.69) is 4.98 Å². The van der Waals surface area contributed by atoms with Crippen molar-refractivity contribution in [1.82, 2.24) is 4.98 Å². The lowest BCUT2D eigenvalue weighted by Gasteiger charge is -2.13. The number of ether oxygens (including phenoxy) is 1. The van der Waals surface area contributed by atoms with Crippen LogP contribution in [0.1, 0.15) is 0 Å². The molecule has 0 atom stereocenters. The summed E-state index contributed by atoms with van der Waals surface area (Å²) in [4.78, 5) is 5.92. The summed E-state index contributed by atoms with van der Waals surface area (Å²) >= 11 is 5.79. The molecule has 17 heavy (non-hydrogen) atoms. The summed E-state index contributed by atoms with van der Waals surface area (Å²) in [6.45, 7) is 0. The predicted molar refractivity (Wildman–Crippen MR) is 70.1 cm³/mol. The average Bonchev–Trinajstić information content (AvgIpc) is 2.29. The lowest BCUT2D eigenvalue weighted by Crippen LogP contribution is -2.08. The van der Waals surface area contributed by atoms with Crippen molar-refractivity contribution in [2.24, 2.45) is 0 Å². The molecule has 0 radical (unpaired) electrons. The van der Waals surface area contributed by atoms with E-state index in [1.807, 2.05) is 43.3 Å². The van der Waals surface area contributed by atoms with E-state index in [0.717, 1.165) is 11.4 Å². The number of hydrogen-bond acceptors (Lipinski definition) is 3. The molecule has 3 nitrogen and oxygen atoms in total. The average molecular weight is 249 g/mol. The van der Waals surface area contributed by atoms with E-state index in [9.17, 15) is 0 Å². The molecule has 0 bridgehead atoms. The highest BCUT2D eigenvalue weighted by Crippen LogP contribution is 2.25. The Morgan fingerprint density at radius 1 is 1.12 bits per heavy atom. The van der Waals surface area contributed by atoms with Crippen molar-refractivity contribution in [3.05, 3.63) is 47.7 Å². The first-order chi connectivity index (χ1) is 8.15.